The van der Waals surface area contributed by atoms with Crippen molar-refractivity contribution in [1.82, 2.24) is 24.8 Å². The van der Waals surface area contributed by atoms with Gasteiger partial charge in [0.1, 0.15) is 19.5 Å². The number of rotatable bonds is 5. The van der Waals surface area contributed by atoms with Crippen LogP contribution in [0.4, 0.5) is 5.82 Å². The number of carbonyl (C=O) groups excluding carboxylic acids is 1. The molecule has 0 atom stereocenters. The lowest BCUT2D eigenvalue weighted by Crippen LogP contribution is -2.24. The number of anilines is 1. The van der Waals surface area contributed by atoms with E-state index in [9.17, 15) is 4.79 Å². The summed E-state index contributed by atoms with van der Waals surface area (Å²) in [6, 6.07) is 3.91. The number of imidazole rings is 1. The molecular formula is C17H17IN6O3S. The van der Waals surface area contributed by atoms with Gasteiger partial charge in [-0.2, -0.15) is 0 Å². The Morgan fingerprint density at radius 3 is 2.82 bits per heavy atom. The number of ether oxygens (including phenoxy) is 2. The standard InChI is InChI=1S/C17H17IN6O3S/c1-9(25)20-2-3-24-16-14(15(19)21-8-22-16)23-17(24)28-13-7-12-11(6-10(13)18)26-4-5-27-12/h6-8H,2-5H2,1H3,(H,20,25)(H2,19,21,22). The van der Waals surface area contributed by atoms with Crippen molar-refractivity contribution in [3.63, 3.8) is 0 Å². The molecule has 3 aromatic rings. The molecule has 1 aliphatic rings. The second-order valence-electron chi connectivity index (χ2n) is 5.99. The molecule has 4 rings (SSSR count). The summed E-state index contributed by atoms with van der Waals surface area (Å²) in [5.41, 5.74) is 7.16. The van der Waals surface area contributed by atoms with Gasteiger partial charge >= 0.3 is 0 Å². The molecule has 0 saturated carbocycles. The number of nitrogen functional groups attached to an aromatic ring is 1. The van der Waals surface area contributed by atoms with E-state index in [2.05, 4.69) is 42.9 Å². The monoisotopic (exact) mass is 512 g/mol. The van der Waals surface area contributed by atoms with Crippen molar-refractivity contribution < 1.29 is 14.3 Å². The Kier molecular flexibility index (Phi) is 5.44. The van der Waals surface area contributed by atoms with E-state index in [1.807, 2.05) is 16.7 Å². The first kappa shape index (κ1) is 19.1. The van der Waals surface area contributed by atoms with E-state index in [1.54, 1.807) is 0 Å². The number of hydrogen-bond acceptors (Lipinski definition) is 8. The van der Waals surface area contributed by atoms with Crippen LogP contribution < -0.4 is 20.5 Å². The number of amides is 1. The molecule has 3 heterocycles. The highest BCUT2D eigenvalue weighted by Gasteiger charge is 2.20. The number of carbonyl (C=O) groups is 1. The summed E-state index contributed by atoms with van der Waals surface area (Å²) in [6.45, 7) is 3.53. The van der Waals surface area contributed by atoms with Gasteiger partial charge in [-0.15, -0.1) is 0 Å². The Morgan fingerprint density at radius 1 is 1.32 bits per heavy atom. The molecule has 0 fully saturated rings. The van der Waals surface area contributed by atoms with Gasteiger partial charge in [0.25, 0.3) is 0 Å². The minimum Gasteiger partial charge on any atom is -0.486 e. The summed E-state index contributed by atoms with van der Waals surface area (Å²) in [4.78, 5) is 25.2. The van der Waals surface area contributed by atoms with E-state index in [1.165, 1.54) is 25.0 Å². The summed E-state index contributed by atoms with van der Waals surface area (Å²) in [5, 5.41) is 3.51. The van der Waals surface area contributed by atoms with Crippen LogP contribution in [0.25, 0.3) is 11.2 Å². The fourth-order valence-electron chi connectivity index (χ4n) is 2.78. The van der Waals surface area contributed by atoms with Gasteiger partial charge in [-0.05, 0) is 34.7 Å². The van der Waals surface area contributed by atoms with Crippen molar-refractivity contribution >= 4 is 57.2 Å². The number of aromatic nitrogens is 4. The largest absolute Gasteiger partial charge is 0.486 e. The zero-order chi connectivity index (χ0) is 19.7. The van der Waals surface area contributed by atoms with Crippen LogP contribution >= 0.6 is 34.4 Å². The summed E-state index contributed by atoms with van der Waals surface area (Å²) in [6.07, 6.45) is 1.41. The van der Waals surface area contributed by atoms with E-state index in [0.717, 1.165) is 20.0 Å². The van der Waals surface area contributed by atoms with Gasteiger partial charge in [-0.1, -0.05) is 11.8 Å². The molecule has 11 heteroatoms. The number of nitrogens with zero attached hydrogens (tertiary/aromatic N) is 4. The summed E-state index contributed by atoms with van der Waals surface area (Å²) < 4.78 is 14.3. The van der Waals surface area contributed by atoms with Gasteiger partial charge in [0.2, 0.25) is 5.91 Å². The SMILES string of the molecule is CC(=O)NCCn1c(Sc2cc3c(cc2I)OCCO3)nc2c(N)ncnc21. The van der Waals surface area contributed by atoms with Gasteiger partial charge < -0.3 is 25.1 Å². The first-order chi connectivity index (χ1) is 13.5. The van der Waals surface area contributed by atoms with Crippen LogP contribution in [-0.4, -0.2) is 45.2 Å². The highest BCUT2D eigenvalue weighted by atomic mass is 127. The maximum Gasteiger partial charge on any atom is 0.216 e. The molecule has 0 bridgehead atoms. The molecule has 0 spiro atoms. The lowest BCUT2D eigenvalue weighted by atomic mass is 10.3. The predicted molar refractivity (Wildman–Crippen MR) is 113 cm³/mol. The van der Waals surface area contributed by atoms with E-state index in [-0.39, 0.29) is 5.91 Å². The number of halogens is 1. The third kappa shape index (κ3) is 3.81. The molecule has 0 unspecified atom stereocenters. The van der Waals surface area contributed by atoms with Gasteiger partial charge in [0.05, 0.1) is 0 Å². The van der Waals surface area contributed by atoms with Crippen LogP contribution in [-0.2, 0) is 11.3 Å². The van der Waals surface area contributed by atoms with Crippen LogP contribution in [0.15, 0.2) is 28.5 Å². The number of benzene rings is 1. The molecule has 2 aromatic heterocycles. The second kappa shape index (κ2) is 7.99. The molecule has 0 saturated heterocycles. The minimum atomic E-state index is -0.0888. The maximum absolute atomic E-state index is 11.2. The highest BCUT2D eigenvalue weighted by Crippen LogP contribution is 2.40. The van der Waals surface area contributed by atoms with E-state index >= 15 is 0 Å². The van der Waals surface area contributed by atoms with Crippen molar-refractivity contribution in [3.05, 3.63) is 22.0 Å². The van der Waals surface area contributed by atoms with Gasteiger partial charge in [0.15, 0.2) is 33.6 Å². The van der Waals surface area contributed by atoms with E-state index < -0.39 is 0 Å². The fourth-order valence-corrected chi connectivity index (χ4v) is 4.49. The molecular weight excluding hydrogens is 495 g/mol. The Bertz CT molecular complexity index is 1060. The van der Waals surface area contributed by atoms with Gasteiger partial charge in [0, 0.05) is 28.5 Å². The normalized spacial score (nSPS) is 12.9. The van der Waals surface area contributed by atoms with Crippen molar-refractivity contribution in [3.8, 4) is 11.5 Å². The van der Waals surface area contributed by atoms with Crippen molar-refractivity contribution in [2.24, 2.45) is 0 Å². The molecule has 1 amide bonds. The molecule has 28 heavy (non-hydrogen) atoms. The first-order valence-corrected chi connectivity index (χ1v) is 10.4. The molecule has 0 aliphatic carbocycles. The zero-order valence-electron chi connectivity index (χ0n) is 14.9. The van der Waals surface area contributed by atoms with Crippen LogP contribution in [0.3, 0.4) is 0 Å². The summed E-state index contributed by atoms with van der Waals surface area (Å²) in [5.74, 6) is 1.69. The van der Waals surface area contributed by atoms with E-state index in [0.29, 0.717) is 48.4 Å². The number of nitrogens with two attached hydrogens (primary N) is 1. The Hall–Kier alpha value is -2.28. The summed E-state index contributed by atoms with van der Waals surface area (Å²) in [7, 11) is 0. The van der Waals surface area contributed by atoms with Crippen LogP contribution in [0.5, 0.6) is 11.5 Å². The maximum atomic E-state index is 11.2. The van der Waals surface area contributed by atoms with Crippen molar-refractivity contribution in [2.75, 3.05) is 25.5 Å². The molecule has 9 nitrogen and oxygen atoms in total. The van der Waals surface area contributed by atoms with Crippen molar-refractivity contribution in [2.45, 2.75) is 23.5 Å². The topological polar surface area (TPSA) is 117 Å². The Morgan fingerprint density at radius 2 is 2.07 bits per heavy atom. The predicted octanol–water partition coefficient (Wildman–Crippen LogP) is 2.07. The Balaban J connectivity index is 1.71. The lowest BCUT2D eigenvalue weighted by molar-refractivity contribution is -0.118. The summed E-state index contributed by atoms with van der Waals surface area (Å²) >= 11 is 3.74. The highest BCUT2D eigenvalue weighted by molar-refractivity contribution is 14.1. The molecule has 146 valence electrons. The lowest BCUT2D eigenvalue weighted by Gasteiger charge is -2.19. The third-order valence-electron chi connectivity index (χ3n) is 4.03. The minimum absolute atomic E-state index is 0.0888. The quantitative estimate of drug-likeness (QED) is 0.500. The zero-order valence-corrected chi connectivity index (χ0v) is 17.9. The van der Waals surface area contributed by atoms with Crippen molar-refractivity contribution in [1.29, 1.82) is 0 Å². The molecule has 1 aliphatic heterocycles. The van der Waals surface area contributed by atoms with Crippen LogP contribution in [0.2, 0.25) is 0 Å². The fraction of sp³-hybridized carbons (Fsp3) is 0.294. The van der Waals surface area contributed by atoms with Crippen LogP contribution in [0.1, 0.15) is 6.92 Å². The number of hydrogen-bond donors (Lipinski definition) is 2. The number of nitrogens with one attached hydrogen (secondary N) is 1. The molecule has 1 aromatic carbocycles. The molecule has 3 N–H and O–H groups in total. The van der Waals surface area contributed by atoms with Gasteiger partial charge in [-0.3, -0.25) is 4.79 Å². The van der Waals surface area contributed by atoms with Crippen LogP contribution in [0, 0.1) is 3.57 Å². The third-order valence-corrected chi connectivity index (χ3v) is 6.34. The first-order valence-electron chi connectivity index (χ1n) is 8.51. The second-order valence-corrected chi connectivity index (χ2v) is 8.16. The average Bonchev–Trinajstić information content (AvgIpc) is 3.01. The number of fused-ring (bicyclic) bond motifs is 2. The smallest absolute Gasteiger partial charge is 0.216 e. The Labute approximate surface area is 178 Å². The van der Waals surface area contributed by atoms with Gasteiger partial charge in [-0.25, -0.2) is 15.0 Å². The molecule has 0 radical (unpaired) electrons. The average molecular weight is 512 g/mol. The van der Waals surface area contributed by atoms with E-state index in [4.69, 9.17) is 15.2 Å².